The number of para-hydroxylation sites is 1. The van der Waals surface area contributed by atoms with Crippen molar-refractivity contribution in [3.05, 3.63) is 52.4 Å². The van der Waals surface area contributed by atoms with Crippen molar-refractivity contribution in [2.75, 3.05) is 11.9 Å². The quantitative estimate of drug-likeness (QED) is 0.692. The molecule has 0 fully saturated rings. The summed E-state index contributed by atoms with van der Waals surface area (Å²) in [6.07, 6.45) is -1.11. The van der Waals surface area contributed by atoms with E-state index in [9.17, 15) is 14.4 Å². The standard InChI is InChI=1S/C17H14BrN3O5/c1-10(16(23)21-12-5-3-2-4-11(12)8-19)25-15(22)9-20-17(24)13-6-7-14(18)26-13/h2-7,10H,9H2,1H3,(H,20,24)(H,21,23)/t10-/m1/s1. The van der Waals surface area contributed by atoms with Gasteiger partial charge < -0.3 is 19.8 Å². The number of carbonyl (C=O) groups excluding carboxylic acids is 3. The van der Waals surface area contributed by atoms with Crippen LogP contribution in [0.5, 0.6) is 0 Å². The highest BCUT2D eigenvalue weighted by atomic mass is 79.9. The van der Waals surface area contributed by atoms with Crippen molar-refractivity contribution < 1.29 is 23.5 Å². The number of halogens is 1. The molecule has 0 aliphatic heterocycles. The summed E-state index contributed by atoms with van der Waals surface area (Å²) in [6.45, 7) is 0.956. The molecule has 0 saturated heterocycles. The first-order valence-electron chi connectivity index (χ1n) is 7.43. The molecular weight excluding hydrogens is 406 g/mol. The van der Waals surface area contributed by atoms with Crippen LogP contribution in [0.2, 0.25) is 0 Å². The summed E-state index contributed by atoms with van der Waals surface area (Å²) in [4.78, 5) is 35.6. The van der Waals surface area contributed by atoms with E-state index in [1.807, 2.05) is 6.07 Å². The van der Waals surface area contributed by atoms with Gasteiger partial charge in [-0.1, -0.05) is 12.1 Å². The zero-order valence-electron chi connectivity index (χ0n) is 13.6. The Morgan fingerprint density at radius 1 is 1.27 bits per heavy atom. The van der Waals surface area contributed by atoms with E-state index in [2.05, 4.69) is 26.6 Å². The van der Waals surface area contributed by atoms with Crippen LogP contribution in [0.25, 0.3) is 0 Å². The molecule has 1 aromatic heterocycles. The van der Waals surface area contributed by atoms with E-state index in [1.165, 1.54) is 13.0 Å². The van der Waals surface area contributed by atoms with Crippen LogP contribution >= 0.6 is 15.9 Å². The molecule has 2 amide bonds. The van der Waals surface area contributed by atoms with Crippen LogP contribution in [0.1, 0.15) is 23.0 Å². The molecule has 0 bridgehead atoms. The maximum atomic E-state index is 12.1. The summed E-state index contributed by atoms with van der Waals surface area (Å²) in [5.41, 5.74) is 0.607. The summed E-state index contributed by atoms with van der Waals surface area (Å²) in [5, 5.41) is 13.8. The highest BCUT2D eigenvalue weighted by molar-refractivity contribution is 9.10. The van der Waals surface area contributed by atoms with E-state index in [-0.39, 0.29) is 11.3 Å². The van der Waals surface area contributed by atoms with E-state index in [1.54, 1.807) is 30.3 Å². The third-order valence-electron chi connectivity index (χ3n) is 3.17. The number of esters is 1. The van der Waals surface area contributed by atoms with E-state index < -0.39 is 30.4 Å². The van der Waals surface area contributed by atoms with Gasteiger partial charge in [0.15, 0.2) is 16.5 Å². The van der Waals surface area contributed by atoms with Gasteiger partial charge >= 0.3 is 5.97 Å². The number of benzene rings is 1. The molecule has 0 radical (unpaired) electrons. The zero-order valence-corrected chi connectivity index (χ0v) is 15.2. The van der Waals surface area contributed by atoms with Crippen molar-refractivity contribution in [1.82, 2.24) is 5.32 Å². The molecule has 2 aromatic rings. The Morgan fingerprint density at radius 3 is 2.65 bits per heavy atom. The number of nitrogens with one attached hydrogen (secondary N) is 2. The maximum Gasteiger partial charge on any atom is 0.326 e. The lowest BCUT2D eigenvalue weighted by molar-refractivity contribution is -0.152. The highest BCUT2D eigenvalue weighted by Crippen LogP contribution is 2.15. The Kier molecular flexibility index (Phi) is 6.52. The van der Waals surface area contributed by atoms with Crippen molar-refractivity contribution in [3.63, 3.8) is 0 Å². The lowest BCUT2D eigenvalue weighted by Crippen LogP contribution is -2.35. The van der Waals surface area contributed by atoms with E-state index in [0.717, 1.165) is 0 Å². The first kappa shape index (κ1) is 19.2. The first-order valence-corrected chi connectivity index (χ1v) is 8.23. The van der Waals surface area contributed by atoms with Crippen LogP contribution in [0.4, 0.5) is 5.69 Å². The topological polar surface area (TPSA) is 121 Å². The molecule has 0 aliphatic rings. The molecule has 8 nitrogen and oxygen atoms in total. The Hall–Kier alpha value is -3.12. The van der Waals surface area contributed by atoms with Crippen LogP contribution < -0.4 is 10.6 Å². The highest BCUT2D eigenvalue weighted by Gasteiger charge is 2.20. The number of amides is 2. The maximum absolute atomic E-state index is 12.1. The van der Waals surface area contributed by atoms with Gasteiger partial charge in [0.25, 0.3) is 11.8 Å². The van der Waals surface area contributed by atoms with Crippen LogP contribution in [0.3, 0.4) is 0 Å². The fourth-order valence-corrected chi connectivity index (χ4v) is 2.20. The molecule has 1 aromatic carbocycles. The number of nitrogens with zero attached hydrogens (tertiary/aromatic N) is 1. The van der Waals surface area contributed by atoms with Gasteiger partial charge in [-0.25, -0.2) is 0 Å². The fourth-order valence-electron chi connectivity index (χ4n) is 1.89. The lowest BCUT2D eigenvalue weighted by atomic mass is 10.2. The second kappa shape index (κ2) is 8.82. The molecule has 26 heavy (non-hydrogen) atoms. The summed E-state index contributed by atoms with van der Waals surface area (Å²) in [6, 6.07) is 11.4. The van der Waals surface area contributed by atoms with Crippen molar-refractivity contribution in [1.29, 1.82) is 5.26 Å². The number of anilines is 1. The number of hydrogen-bond donors (Lipinski definition) is 2. The number of furan rings is 1. The van der Waals surface area contributed by atoms with Crippen LogP contribution in [-0.2, 0) is 14.3 Å². The second-order valence-corrected chi connectivity index (χ2v) is 5.85. The van der Waals surface area contributed by atoms with E-state index >= 15 is 0 Å². The number of rotatable bonds is 6. The number of nitriles is 1. The largest absolute Gasteiger partial charge is 0.451 e. The molecule has 0 unspecified atom stereocenters. The van der Waals surface area contributed by atoms with Gasteiger partial charge in [0.05, 0.1) is 11.3 Å². The van der Waals surface area contributed by atoms with Gasteiger partial charge in [-0.3, -0.25) is 14.4 Å². The molecule has 0 spiro atoms. The molecule has 2 rings (SSSR count). The molecular formula is C17H14BrN3O5. The summed E-state index contributed by atoms with van der Waals surface area (Å²) in [7, 11) is 0. The minimum atomic E-state index is -1.11. The number of carbonyl (C=O) groups is 3. The average molecular weight is 420 g/mol. The monoisotopic (exact) mass is 419 g/mol. The Labute approximate surface area is 157 Å². The third kappa shape index (κ3) is 5.19. The molecule has 2 N–H and O–H groups in total. The van der Waals surface area contributed by atoms with Crippen LogP contribution in [0, 0.1) is 11.3 Å². The van der Waals surface area contributed by atoms with Crippen LogP contribution in [-0.4, -0.2) is 30.4 Å². The normalized spacial score (nSPS) is 11.1. The molecule has 9 heteroatoms. The molecule has 134 valence electrons. The summed E-state index contributed by atoms with van der Waals surface area (Å²) in [5.74, 6) is -1.95. The first-order chi connectivity index (χ1) is 12.4. The predicted molar refractivity (Wildman–Crippen MR) is 94.1 cm³/mol. The predicted octanol–water partition coefficient (Wildman–Crippen LogP) is 2.21. The lowest BCUT2D eigenvalue weighted by Gasteiger charge is -2.14. The van der Waals surface area contributed by atoms with Crippen molar-refractivity contribution in [2.45, 2.75) is 13.0 Å². The van der Waals surface area contributed by atoms with E-state index in [0.29, 0.717) is 10.4 Å². The Bertz CT molecular complexity index is 871. The smallest absolute Gasteiger partial charge is 0.326 e. The molecule has 0 saturated carbocycles. The summed E-state index contributed by atoms with van der Waals surface area (Å²) < 4.78 is 10.4. The second-order valence-electron chi connectivity index (χ2n) is 5.07. The Balaban J connectivity index is 1.83. The average Bonchev–Trinajstić information content (AvgIpc) is 3.06. The molecule has 1 atom stereocenters. The van der Waals surface area contributed by atoms with Gasteiger partial charge in [-0.2, -0.15) is 5.26 Å². The van der Waals surface area contributed by atoms with Crippen molar-refractivity contribution in [3.8, 4) is 6.07 Å². The van der Waals surface area contributed by atoms with Gasteiger partial charge in [-0.15, -0.1) is 0 Å². The summed E-state index contributed by atoms with van der Waals surface area (Å²) >= 11 is 3.06. The Morgan fingerprint density at radius 2 is 2.00 bits per heavy atom. The number of ether oxygens (including phenoxy) is 1. The third-order valence-corrected chi connectivity index (χ3v) is 3.60. The molecule has 1 heterocycles. The van der Waals surface area contributed by atoms with Gasteiger partial charge in [-0.05, 0) is 47.1 Å². The fraction of sp³-hybridized carbons (Fsp3) is 0.176. The van der Waals surface area contributed by atoms with E-state index in [4.69, 9.17) is 14.4 Å². The van der Waals surface area contributed by atoms with Gasteiger partial charge in [0, 0.05) is 0 Å². The van der Waals surface area contributed by atoms with Crippen molar-refractivity contribution in [2.24, 2.45) is 0 Å². The SMILES string of the molecule is C[C@@H](OC(=O)CNC(=O)c1ccc(Br)o1)C(=O)Nc1ccccc1C#N. The minimum absolute atomic E-state index is 0.0311. The number of hydrogen-bond acceptors (Lipinski definition) is 6. The van der Waals surface area contributed by atoms with Gasteiger partial charge in [0.2, 0.25) is 0 Å². The van der Waals surface area contributed by atoms with Crippen molar-refractivity contribution >= 4 is 39.4 Å². The van der Waals surface area contributed by atoms with Crippen LogP contribution in [0.15, 0.2) is 45.5 Å². The minimum Gasteiger partial charge on any atom is -0.451 e. The zero-order chi connectivity index (χ0) is 19.1. The molecule has 0 aliphatic carbocycles. The van der Waals surface area contributed by atoms with Gasteiger partial charge in [0.1, 0.15) is 12.6 Å².